The molecule has 1 aliphatic rings. The normalized spacial score (nSPS) is 16.3. The second-order valence-electron chi connectivity index (χ2n) is 4.83. The molecule has 0 bridgehead atoms. The van der Waals surface area contributed by atoms with Crippen LogP contribution in [-0.4, -0.2) is 17.8 Å². The first-order chi connectivity index (χ1) is 10.2. The molecule has 1 heterocycles. The topological polar surface area (TPSA) is 55.4 Å². The zero-order chi connectivity index (χ0) is 15.1. The molecule has 2 amide bonds. The summed E-state index contributed by atoms with van der Waals surface area (Å²) in [6, 6.07) is 7.52. The highest BCUT2D eigenvalue weighted by atomic mass is 32.2. The Hall–Kier alpha value is -1.75. The molecular weight excluding hydrogens is 286 g/mol. The standard InChI is InChI=1S/C16H19NO3S/c1-2-3-4-5-10-20-13-8-6-12(7-9-13)11-14-15(18)17-16(19)21-14/h6-9,11H,2-5,10H2,1H3,(H,17,18,19)/b14-11+. The SMILES string of the molecule is CCCCCCOc1ccc(/C=C2/SC(=O)NC2=O)cc1. The second kappa shape index (κ2) is 7.88. The molecular formula is C16H19NO3S. The van der Waals surface area contributed by atoms with Crippen LogP contribution in [0.2, 0.25) is 0 Å². The largest absolute Gasteiger partial charge is 0.494 e. The summed E-state index contributed by atoms with van der Waals surface area (Å²) in [4.78, 5) is 22.9. The van der Waals surface area contributed by atoms with Gasteiger partial charge in [-0.05, 0) is 42.0 Å². The van der Waals surface area contributed by atoms with Crippen molar-refractivity contribution in [2.45, 2.75) is 32.6 Å². The molecule has 0 aliphatic carbocycles. The van der Waals surface area contributed by atoms with Crippen molar-refractivity contribution in [2.75, 3.05) is 6.61 Å². The van der Waals surface area contributed by atoms with Crippen molar-refractivity contribution in [2.24, 2.45) is 0 Å². The number of hydrogen-bond donors (Lipinski definition) is 1. The Morgan fingerprint density at radius 1 is 1.14 bits per heavy atom. The molecule has 1 fully saturated rings. The number of rotatable bonds is 7. The Kier molecular flexibility index (Phi) is 5.87. The summed E-state index contributed by atoms with van der Waals surface area (Å²) >= 11 is 0.924. The number of hydrogen-bond acceptors (Lipinski definition) is 4. The molecule has 1 saturated heterocycles. The van der Waals surface area contributed by atoms with Gasteiger partial charge < -0.3 is 4.74 Å². The summed E-state index contributed by atoms with van der Waals surface area (Å²) in [5.41, 5.74) is 0.876. The molecule has 1 aliphatic heterocycles. The van der Waals surface area contributed by atoms with E-state index >= 15 is 0 Å². The molecule has 1 aromatic rings. The van der Waals surface area contributed by atoms with E-state index in [0.29, 0.717) is 4.91 Å². The van der Waals surface area contributed by atoms with E-state index in [1.165, 1.54) is 19.3 Å². The van der Waals surface area contributed by atoms with Crippen LogP contribution in [0.3, 0.4) is 0 Å². The highest BCUT2D eigenvalue weighted by Gasteiger charge is 2.24. The molecule has 0 radical (unpaired) electrons. The molecule has 112 valence electrons. The van der Waals surface area contributed by atoms with Gasteiger partial charge in [0.05, 0.1) is 11.5 Å². The van der Waals surface area contributed by atoms with Gasteiger partial charge in [0.2, 0.25) is 0 Å². The van der Waals surface area contributed by atoms with Crippen LogP contribution in [0, 0.1) is 0 Å². The first-order valence-corrected chi connectivity index (χ1v) is 7.98. The molecule has 0 unspecified atom stereocenters. The zero-order valence-corrected chi connectivity index (χ0v) is 12.9. The minimum atomic E-state index is -0.332. The predicted octanol–water partition coefficient (Wildman–Crippen LogP) is 3.97. The number of carbonyl (C=O) groups excluding carboxylic acids is 2. The van der Waals surface area contributed by atoms with E-state index in [1.807, 2.05) is 24.3 Å². The summed E-state index contributed by atoms with van der Waals surface area (Å²) in [7, 11) is 0. The van der Waals surface area contributed by atoms with Crippen molar-refractivity contribution < 1.29 is 14.3 Å². The van der Waals surface area contributed by atoms with Gasteiger partial charge in [-0.25, -0.2) is 0 Å². The average Bonchev–Trinajstić information content (AvgIpc) is 2.78. The van der Waals surface area contributed by atoms with E-state index in [0.717, 1.165) is 36.1 Å². The van der Waals surface area contributed by atoms with Gasteiger partial charge in [-0.3, -0.25) is 14.9 Å². The summed E-state index contributed by atoms with van der Waals surface area (Å²) in [6.07, 6.45) is 6.43. The third-order valence-electron chi connectivity index (χ3n) is 3.09. The zero-order valence-electron chi connectivity index (χ0n) is 12.1. The van der Waals surface area contributed by atoms with Gasteiger partial charge in [0.15, 0.2) is 0 Å². The van der Waals surface area contributed by atoms with Crippen LogP contribution >= 0.6 is 11.8 Å². The van der Waals surface area contributed by atoms with Crippen LogP contribution in [0.15, 0.2) is 29.2 Å². The number of ether oxygens (including phenoxy) is 1. The third kappa shape index (κ3) is 4.93. The number of unbranched alkanes of at least 4 members (excludes halogenated alkanes) is 3. The summed E-state index contributed by atoms with van der Waals surface area (Å²) < 4.78 is 5.66. The van der Waals surface area contributed by atoms with Gasteiger partial charge in [0.1, 0.15) is 5.75 Å². The molecule has 0 aromatic heterocycles. The molecule has 1 N–H and O–H groups in total. The highest BCUT2D eigenvalue weighted by Crippen LogP contribution is 2.26. The number of imide groups is 1. The molecule has 1 aromatic carbocycles. The van der Waals surface area contributed by atoms with Crippen molar-refractivity contribution in [1.29, 1.82) is 0 Å². The van der Waals surface area contributed by atoms with Crippen molar-refractivity contribution >= 4 is 29.0 Å². The lowest BCUT2D eigenvalue weighted by Gasteiger charge is -2.06. The van der Waals surface area contributed by atoms with Gasteiger partial charge >= 0.3 is 0 Å². The highest BCUT2D eigenvalue weighted by molar-refractivity contribution is 8.18. The van der Waals surface area contributed by atoms with Gasteiger partial charge in [-0.15, -0.1) is 0 Å². The fourth-order valence-electron chi connectivity index (χ4n) is 1.95. The molecule has 21 heavy (non-hydrogen) atoms. The number of benzene rings is 1. The fraction of sp³-hybridized carbons (Fsp3) is 0.375. The van der Waals surface area contributed by atoms with Crippen LogP contribution in [0.1, 0.15) is 38.2 Å². The molecule has 4 nitrogen and oxygen atoms in total. The maximum absolute atomic E-state index is 11.4. The summed E-state index contributed by atoms with van der Waals surface area (Å²) in [6.45, 7) is 2.91. The second-order valence-corrected chi connectivity index (χ2v) is 5.85. The van der Waals surface area contributed by atoms with Gasteiger partial charge in [0, 0.05) is 0 Å². The Balaban J connectivity index is 1.86. The Morgan fingerprint density at radius 2 is 1.90 bits per heavy atom. The monoisotopic (exact) mass is 305 g/mol. The average molecular weight is 305 g/mol. The molecule has 2 rings (SSSR count). The van der Waals surface area contributed by atoms with Gasteiger partial charge in [-0.2, -0.15) is 0 Å². The summed E-state index contributed by atoms with van der Waals surface area (Å²) in [5.74, 6) is 0.495. The van der Waals surface area contributed by atoms with Crippen molar-refractivity contribution in [3.63, 3.8) is 0 Å². The minimum absolute atomic E-state index is 0.321. The van der Waals surface area contributed by atoms with Crippen molar-refractivity contribution in [3.8, 4) is 5.75 Å². The molecule has 0 spiro atoms. The number of thioether (sulfide) groups is 1. The maximum Gasteiger partial charge on any atom is 0.290 e. The lowest BCUT2D eigenvalue weighted by Crippen LogP contribution is -2.17. The van der Waals surface area contributed by atoms with Crippen LogP contribution in [0.5, 0.6) is 5.75 Å². The molecule has 5 heteroatoms. The number of nitrogens with one attached hydrogen (secondary N) is 1. The fourth-order valence-corrected chi connectivity index (χ4v) is 2.63. The van der Waals surface area contributed by atoms with Gasteiger partial charge in [0.25, 0.3) is 11.1 Å². The number of amides is 2. The minimum Gasteiger partial charge on any atom is -0.494 e. The van der Waals surface area contributed by atoms with Gasteiger partial charge in [-0.1, -0.05) is 38.3 Å². The predicted molar refractivity (Wildman–Crippen MR) is 85.2 cm³/mol. The van der Waals surface area contributed by atoms with Crippen LogP contribution in [0.4, 0.5) is 4.79 Å². The Morgan fingerprint density at radius 3 is 2.52 bits per heavy atom. The first-order valence-electron chi connectivity index (χ1n) is 7.17. The first kappa shape index (κ1) is 15.6. The van der Waals surface area contributed by atoms with E-state index < -0.39 is 0 Å². The van der Waals surface area contributed by atoms with E-state index in [1.54, 1.807) is 6.08 Å². The van der Waals surface area contributed by atoms with E-state index in [-0.39, 0.29) is 11.1 Å². The van der Waals surface area contributed by atoms with Crippen LogP contribution in [0.25, 0.3) is 6.08 Å². The van der Waals surface area contributed by atoms with E-state index in [9.17, 15) is 9.59 Å². The van der Waals surface area contributed by atoms with Crippen LogP contribution < -0.4 is 10.1 Å². The lowest BCUT2D eigenvalue weighted by atomic mass is 10.2. The quantitative estimate of drug-likeness (QED) is 0.612. The molecule has 0 saturated carbocycles. The Labute approximate surface area is 128 Å². The van der Waals surface area contributed by atoms with E-state index in [2.05, 4.69) is 12.2 Å². The molecule has 0 atom stereocenters. The number of carbonyl (C=O) groups is 2. The van der Waals surface area contributed by atoms with E-state index in [4.69, 9.17) is 4.74 Å². The third-order valence-corrected chi connectivity index (χ3v) is 3.90. The summed E-state index contributed by atoms with van der Waals surface area (Å²) in [5, 5.41) is 1.91. The maximum atomic E-state index is 11.4. The van der Waals surface area contributed by atoms with Crippen molar-refractivity contribution in [1.82, 2.24) is 5.32 Å². The van der Waals surface area contributed by atoms with Crippen molar-refractivity contribution in [3.05, 3.63) is 34.7 Å². The Bertz CT molecular complexity index is 537. The lowest BCUT2D eigenvalue weighted by molar-refractivity contribution is -0.115. The smallest absolute Gasteiger partial charge is 0.290 e. The van der Waals surface area contributed by atoms with Crippen LogP contribution in [-0.2, 0) is 4.79 Å².